The molecule has 1 N–H and O–H groups in total. The van der Waals surface area contributed by atoms with Crippen molar-refractivity contribution in [2.24, 2.45) is 0 Å². The van der Waals surface area contributed by atoms with Crippen molar-refractivity contribution in [2.45, 2.75) is 37.2 Å². The predicted molar refractivity (Wildman–Crippen MR) is 156 cm³/mol. The molecule has 1 atom stereocenters. The number of unbranched alkanes of at least 4 members (excludes halogenated alkanes) is 1. The average Bonchev–Trinajstić information content (AvgIpc) is 3.01. The van der Waals surface area contributed by atoms with Gasteiger partial charge in [-0.3, -0.25) is 9.59 Å². The Morgan fingerprint density at radius 3 is 2.22 bits per heavy atom. The van der Waals surface area contributed by atoms with Crippen molar-refractivity contribution in [3.8, 4) is 5.75 Å². The third-order valence-electron chi connectivity index (χ3n) is 6.81. The lowest BCUT2D eigenvalue weighted by Crippen LogP contribution is -2.45. The zero-order valence-corrected chi connectivity index (χ0v) is 24.1. The van der Waals surface area contributed by atoms with E-state index in [4.69, 9.17) is 9.47 Å². The largest absolute Gasteiger partial charge is 0.484 e. The number of sulfonamides is 1. The Bertz CT molecular complexity index is 1360. The number of hydrogen-bond acceptors (Lipinski definition) is 6. The number of ether oxygens (including phenoxy) is 2. The number of rotatable bonds is 13. The molecule has 4 rings (SSSR count). The van der Waals surface area contributed by atoms with Crippen molar-refractivity contribution in [1.82, 2.24) is 14.5 Å². The standard InChI is InChI=1S/C31H37N3O6S/c1-2-3-18-32-31(36)30(26-12-8-5-9-13-26)34(23-25-10-6-4-7-11-25)29(35)24-40-27-14-16-28(17-15-27)41(37,38)33-19-21-39-22-20-33/h4-17,30H,2-3,18-24H2,1H3,(H,32,36)/t30-/m1/s1. The normalized spacial score (nSPS) is 14.7. The van der Waals surface area contributed by atoms with Crippen LogP contribution in [0.4, 0.5) is 0 Å². The maximum absolute atomic E-state index is 13.7. The van der Waals surface area contributed by atoms with E-state index in [0.29, 0.717) is 44.2 Å². The Labute approximate surface area is 242 Å². The van der Waals surface area contributed by atoms with E-state index >= 15 is 0 Å². The number of morpholine rings is 1. The smallest absolute Gasteiger partial charge is 0.261 e. The number of nitrogens with zero attached hydrogens (tertiary/aromatic N) is 2. The number of hydrogen-bond donors (Lipinski definition) is 1. The Balaban J connectivity index is 1.53. The van der Waals surface area contributed by atoms with Gasteiger partial charge in [0.2, 0.25) is 15.9 Å². The molecule has 0 aromatic heterocycles. The molecule has 1 aliphatic heterocycles. The van der Waals surface area contributed by atoms with Crippen molar-refractivity contribution in [1.29, 1.82) is 0 Å². The molecule has 3 aromatic carbocycles. The molecule has 1 saturated heterocycles. The summed E-state index contributed by atoms with van der Waals surface area (Å²) in [7, 11) is -3.64. The molecular formula is C31H37N3O6S. The quantitative estimate of drug-likeness (QED) is 0.309. The minimum Gasteiger partial charge on any atom is -0.484 e. The Morgan fingerprint density at radius 2 is 1.59 bits per heavy atom. The average molecular weight is 580 g/mol. The third kappa shape index (κ3) is 8.16. The second-order valence-corrected chi connectivity index (χ2v) is 11.7. The molecule has 3 aromatic rings. The first-order chi connectivity index (χ1) is 19.9. The fraction of sp³-hybridized carbons (Fsp3) is 0.355. The summed E-state index contributed by atoms with van der Waals surface area (Å²) in [5.41, 5.74) is 1.57. The minimum absolute atomic E-state index is 0.150. The van der Waals surface area contributed by atoms with Gasteiger partial charge in [-0.25, -0.2) is 8.42 Å². The molecular weight excluding hydrogens is 542 g/mol. The van der Waals surface area contributed by atoms with Gasteiger partial charge in [0.25, 0.3) is 5.91 Å². The van der Waals surface area contributed by atoms with Crippen LogP contribution in [0.3, 0.4) is 0 Å². The van der Waals surface area contributed by atoms with Crippen LogP contribution in [0, 0.1) is 0 Å². The van der Waals surface area contributed by atoms with E-state index in [1.807, 2.05) is 67.6 Å². The molecule has 1 heterocycles. The lowest BCUT2D eigenvalue weighted by atomic mass is 10.0. The van der Waals surface area contributed by atoms with E-state index in [1.54, 1.807) is 0 Å². The Kier molecular flexibility index (Phi) is 10.9. The Morgan fingerprint density at radius 1 is 0.951 bits per heavy atom. The fourth-order valence-corrected chi connectivity index (χ4v) is 5.98. The van der Waals surface area contributed by atoms with Gasteiger partial charge in [-0.2, -0.15) is 4.31 Å². The highest BCUT2D eigenvalue weighted by Gasteiger charge is 2.32. The maximum Gasteiger partial charge on any atom is 0.261 e. The summed E-state index contributed by atoms with van der Waals surface area (Å²) in [6.45, 7) is 3.79. The molecule has 9 nitrogen and oxygen atoms in total. The van der Waals surface area contributed by atoms with Crippen LogP contribution in [0.5, 0.6) is 5.75 Å². The second kappa shape index (κ2) is 14.8. The lowest BCUT2D eigenvalue weighted by Gasteiger charge is -2.31. The van der Waals surface area contributed by atoms with Gasteiger partial charge in [-0.05, 0) is 41.8 Å². The van der Waals surface area contributed by atoms with Crippen LogP contribution >= 0.6 is 0 Å². The molecule has 0 unspecified atom stereocenters. The van der Waals surface area contributed by atoms with Crippen molar-refractivity contribution in [2.75, 3.05) is 39.5 Å². The summed E-state index contributed by atoms with van der Waals surface area (Å²) in [5, 5.41) is 2.98. The van der Waals surface area contributed by atoms with E-state index < -0.39 is 16.1 Å². The van der Waals surface area contributed by atoms with E-state index in [1.165, 1.54) is 33.5 Å². The highest BCUT2D eigenvalue weighted by Crippen LogP contribution is 2.25. The van der Waals surface area contributed by atoms with E-state index in [2.05, 4.69) is 5.32 Å². The summed E-state index contributed by atoms with van der Waals surface area (Å²) < 4.78 is 38.3. The first-order valence-corrected chi connectivity index (χ1v) is 15.3. The van der Waals surface area contributed by atoms with E-state index in [0.717, 1.165) is 18.4 Å². The highest BCUT2D eigenvalue weighted by atomic mass is 32.2. The van der Waals surface area contributed by atoms with Crippen molar-refractivity contribution in [3.63, 3.8) is 0 Å². The first kappa shape index (κ1) is 30.2. The van der Waals surface area contributed by atoms with Crippen LogP contribution in [0.25, 0.3) is 0 Å². The summed E-state index contributed by atoms with van der Waals surface area (Å²) in [5.74, 6) is -0.285. The molecule has 0 spiro atoms. The zero-order chi connectivity index (χ0) is 29.1. The fourth-order valence-electron chi connectivity index (χ4n) is 4.57. The van der Waals surface area contributed by atoms with Gasteiger partial charge in [-0.15, -0.1) is 0 Å². The van der Waals surface area contributed by atoms with E-state index in [-0.39, 0.29) is 29.9 Å². The second-order valence-electron chi connectivity index (χ2n) is 9.74. The topological polar surface area (TPSA) is 105 Å². The lowest BCUT2D eigenvalue weighted by molar-refractivity contribution is -0.143. The molecule has 41 heavy (non-hydrogen) atoms. The molecule has 0 saturated carbocycles. The number of amides is 2. The van der Waals surface area contributed by atoms with Crippen LogP contribution < -0.4 is 10.1 Å². The van der Waals surface area contributed by atoms with Crippen LogP contribution in [0.1, 0.15) is 36.9 Å². The maximum atomic E-state index is 13.7. The zero-order valence-electron chi connectivity index (χ0n) is 23.3. The molecule has 0 bridgehead atoms. The number of carbonyl (C=O) groups excluding carboxylic acids is 2. The van der Waals surface area contributed by atoms with Gasteiger partial charge in [0.05, 0.1) is 18.1 Å². The number of benzene rings is 3. The van der Waals surface area contributed by atoms with Gasteiger partial charge in [-0.1, -0.05) is 74.0 Å². The SMILES string of the molecule is CCCCNC(=O)[C@@H](c1ccccc1)N(Cc1ccccc1)C(=O)COc1ccc(S(=O)(=O)N2CCOCC2)cc1. The summed E-state index contributed by atoms with van der Waals surface area (Å²) in [6, 6.07) is 23.9. The molecule has 1 fully saturated rings. The summed E-state index contributed by atoms with van der Waals surface area (Å²) >= 11 is 0. The van der Waals surface area contributed by atoms with Crippen molar-refractivity contribution < 1.29 is 27.5 Å². The highest BCUT2D eigenvalue weighted by molar-refractivity contribution is 7.89. The molecule has 0 radical (unpaired) electrons. The number of nitrogens with one attached hydrogen (secondary N) is 1. The van der Waals surface area contributed by atoms with Crippen LogP contribution in [0.15, 0.2) is 89.8 Å². The third-order valence-corrected chi connectivity index (χ3v) is 8.73. The Hall–Kier alpha value is -3.73. The molecule has 2 amide bonds. The number of carbonyl (C=O) groups is 2. The first-order valence-electron chi connectivity index (χ1n) is 13.9. The van der Waals surface area contributed by atoms with Gasteiger partial charge >= 0.3 is 0 Å². The van der Waals surface area contributed by atoms with Crippen LogP contribution in [-0.2, 0) is 30.9 Å². The predicted octanol–water partition coefficient (Wildman–Crippen LogP) is 3.77. The minimum atomic E-state index is -3.64. The monoisotopic (exact) mass is 579 g/mol. The molecule has 1 aliphatic rings. The van der Waals surface area contributed by atoms with Crippen LogP contribution in [-0.4, -0.2) is 68.9 Å². The molecule has 0 aliphatic carbocycles. The van der Waals surface area contributed by atoms with Gasteiger partial charge in [0.1, 0.15) is 11.8 Å². The van der Waals surface area contributed by atoms with Gasteiger partial charge in [0, 0.05) is 26.2 Å². The van der Waals surface area contributed by atoms with Crippen LogP contribution in [0.2, 0.25) is 0 Å². The molecule has 218 valence electrons. The van der Waals surface area contributed by atoms with E-state index in [9.17, 15) is 18.0 Å². The summed E-state index contributed by atoms with van der Waals surface area (Å²) in [4.78, 5) is 28.9. The van der Waals surface area contributed by atoms with Crippen molar-refractivity contribution >= 4 is 21.8 Å². The molecule has 10 heteroatoms. The summed E-state index contributed by atoms with van der Waals surface area (Å²) in [6.07, 6.45) is 1.77. The van der Waals surface area contributed by atoms with Gasteiger partial charge in [0.15, 0.2) is 6.61 Å². The van der Waals surface area contributed by atoms with Gasteiger partial charge < -0.3 is 19.7 Å². The van der Waals surface area contributed by atoms with Crippen molar-refractivity contribution in [3.05, 3.63) is 96.1 Å².